The van der Waals surface area contributed by atoms with E-state index in [1.54, 1.807) is 0 Å². The second kappa shape index (κ2) is 5.68. The first kappa shape index (κ1) is 13.2. The zero-order valence-corrected chi connectivity index (χ0v) is 11.8. The molecule has 1 saturated heterocycles. The van der Waals surface area contributed by atoms with Gasteiger partial charge < -0.3 is 5.32 Å². The van der Waals surface area contributed by atoms with E-state index in [2.05, 4.69) is 17.4 Å². The summed E-state index contributed by atoms with van der Waals surface area (Å²) in [6, 6.07) is 18.1. The van der Waals surface area contributed by atoms with Crippen molar-refractivity contribution in [3.8, 4) is 0 Å². The molecule has 1 amide bonds. The monoisotopic (exact) mass is 285 g/mol. The van der Waals surface area contributed by atoms with Gasteiger partial charge in [0.15, 0.2) is 0 Å². The Bertz CT molecular complexity index is 611. The number of nitrogens with one attached hydrogen (secondary N) is 1. The normalized spacial score (nSPS) is 21.8. The fourth-order valence-corrected chi connectivity index (χ4v) is 3.07. The van der Waals surface area contributed by atoms with Gasteiger partial charge in [0.2, 0.25) is 5.91 Å². The Kier molecular flexibility index (Phi) is 3.75. The Hall–Kier alpha value is -1.80. The molecule has 0 spiro atoms. The Morgan fingerprint density at radius 1 is 1.05 bits per heavy atom. The van der Waals surface area contributed by atoms with Gasteiger partial charge in [0, 0.05) is 23.4 Å². The molecule has 2 nitrogen and oxygen atoms in total. The summed E-state index contributed by atoms with van der Waals surface area (Å²) >= 11 is 6.22. The van der Waals surface area contributed by atoms with E-state index in [0.29, 0.717) is 6.42 Å². The fraction of sp³-hybridized carbons (Fsp3) is 0.235. The Labute approximate surface area is 123 Å². The molecule has 3 rings (SSSR count). The van der Waals surface area contributed by atoms with Crippen molar-refractivity contribution in [2.45, 2.75) is 24.8 Å². The fourth-order valence-electron chi connectivity index (χ4n) is 2.85. The van der Waals surface area contributed by atoms with Crippen molar-refractivity contribution >= 4 is 17.5 Å². The van der Waals surface area contributed by atoms with Crippen LogP contribution in [0.5, 0.6) is 0 Å². The lowest BCUT2D eigenvalue weighted by Gasteiger charge is -2.19. The SMILES string of the molecule is O=C1C[C@@H](c2ccccc2)[C@H](Cc2ccccc2Cl)N1. The van der Waals surface area contributed by atoms with Crippen LogP contribution in [-0.2, 0) is 11.2 Å². The first-order valence-electron chi connectivity index (χ1n) is 6.82. The topological polar surface area (TPSA) is 29.1 Å². The molecule has 0 aromatic heterocycles. The first-order valence-corrected chi connectivity index (χ1v) is 7.19. The maximum atomic E-state index is 11.8. The molecule has 1 aliphatic rings. The molecule has 0 radical (unpaired) electrons. The van der Waals surface area contributed by atoms with Crippen molar-refractivity contribution in [2.75, 3.05) is 0 Å². The summed E-state index contributed by atoms with van der Waals surface area (Å²) in [4.78, 5) is 11.8. The average molecular weight is 286 g/mol. The highest BCUT2D eigenvalue weighted by atomic mass is 35.5. The predicted octanol–water partition coefficient (Wildman–Crippen LogP) is 3.55. The van der Waals surface area contributed by atoms with Gasteiger partial charge in [-0.15, -0.1) is 0 Å². The number of amides is 1. The van der Waals surface area contributed by atoms with Crippen LogP contribution in [0.15, 0.2) is 54.6 Å². The van der Waals surface area contributed by atoms with Crippen molar-refractivity contribution in [3.05, 3.63) is 70.7 Å². The number of hydrogen-bond donors (Lipinski definition) is 1. The van der Waals surface area contributed by atoms with Gasteiger partial charge in [0.05, 0.1) is 0 Å². The van der Waals surface area contributed by atoms with Crippen molar-refractivity contribution < 1.29 is 4.79 Å². The maximum absolute atomic E-state index is 11.8. The van der Waals surface area contributed by atoms with Gasteiger partial charge >= 0.3 is 0 Å². The minimum Gasteiger partial charge on any atom is -0.352 e. The van der Waals surface area contributed by atoms with Crippen LogP contribution in [0.4, 0.5) is 0 Å². The summed E-state index contributed by atoms with van der Waals surface area (Å²) in [5, 5.41) is 3.84. The van der Waals surface area contributed by atoms with Crippen LogP contribution in [0.1, 0.15) is 23.5 Å². The molecule has 0 bridgehead atoms. The Morgan fingerprint density at radius 2 is 1.75 bits per heavy atom. The van der Waals surface area contributed by atoms with E-state index in [0.717, 1.165) is 17.0 Å². The van der Waals surface area contributed by atoms with Gasteiger partial charge in [0.25, 0.3) is 0 Å². The van der Waals surface area contributed by atoms with Gasteiger partial charge in [-0.3, -0.25) is 4.79 Å². The second-order valence-corrected chi connectivity index (χ2v) is 5.60. The van der Waals surface area contributed by atoms with Crippen LogP contribution in [0.25, 0.3) is 0 Å². The maximum Gasteiger partial charge on any atom is 0.220 e. The molecule has 20 heavy (non-hydrogen) atoms. The van der Waals surface area contributed by atoms with Crippen LogP contribution < -0.4 is 5.32 Å². The third-order valence-corrected chi connectivity index (χ3v) is 4.23. The van der Waals surface area contributed by atoms with Crippen molar-refractivity contribution in [1.29, 1.82) is 0 Å². The van der Waals surface area contributed by atoms with E-state index in [1.165, 1.54) is 5.56 Å². The highest BCUT2D eigenvalue weighted by molar-refractivity contribution is 6.31. The lowest BCUT2D eigenvalue weighted by Crippen LogP contribution is -2.30. The molecule has 1 fully saturated rings. The second-order valence-electron chi connectivity index (χ2n) is 5.19. The summed E-state index contributed by atoms with van der Waals surface area (Å²) in [6.07, 6.45) is 1.32. The lowest BCUT2D eigenvalue weighted by atomic mass is 9.88. The van der Waals surface area contributed by atoms with Crippen molar-refractivity contribution in [3.63, 3.8) is 0 Å². The zero-order valence-electron chi connectivity index (χ0n) is 11.1. The van der Waals surface area contributed by atoms with Gasteiger partial charge in [-0.25, -0.2) is 0 Å². The molecule has 102 valence electrons. The lowest BCUT2D eigenvalue weighted by molar-refractivity contribution is -0.119. The minimum atomic E-state index is 0.116. The van der Waals surface area contributed by atoms with E-state index in [-0.39, 0.29) is 17.9 Å². The molecule has 2 atom stereocenters. The molecule has 1 N–H and O–H groups in total. The van der Waals surface area contributed by atoms with E-state index in [1.807, 2.05) is 42.5 Å². The third-order valence-electron chi connectivity index (χ3n) is 3.86. The number of carbonyl (C=O) groups is 1. The van der Waals surface area contributed by atoms with Crippen molar-refractivity contribution in [2.24, 2.45) is 0 Å². The third kappa shape index (κ3) is 2.70. The Morgan fingerprint density at radius 3 is 2.50 bits per heavy atom. The smallest absolute Gasteiger partial charge is 0.220 e. The number of carbonyl (C=O) groups excluding carboxylic acids is 1. The highest BCUT2D eigenvalue weighted by Crippen LogP contribution is 2.31. The van der Waals surface area contributed by atoms with E-state index in [9.17, 15) is 4.79 Å². The van der Waals surface area contributed by atoms with E-state index in [4.69, 9.17) is 11.6 Å². The standard InChI is InChI=1S/C17H16ClNO/c18-15-9-5-4-8-13(15)10-16-14(11-17(20)19-16)12-6-2-1-3-7-12/h1-9,14,16H,10-11H2,(H,19,20)/t14-,16-/m0/s1. The molecule has 1 aliphatic heterocycles. The predicted molar refractivity (Wildman–Crippen MR) is 80.9 cm³/mol. The molecule has 0 unspecified atom stereocenters. The molecule has 3 heteroatoms. The molecule has 2 aromatic rings. The summed E-state index contributed by atoms with van der Waals surface area (Å²) in [7, 11) is 0. The quantitative estimate of drug-likeness (QED) is 0.918. The van der Waals surface area contributed by atoms with Gasteiger partial charge in [0.1, 0.15) is 0 Å². The zero-order chi connectivity index (χ0) is 13.9. The molecule has 0 saturated carbocycles. The number of benzene rings is 2. The average Bonchev–Trinajstić information content (AvgIpc) is 2.83. The van der Waals surface area contributed by atoms with Crippen LogP contribution in [0.2, 0.25) is 5.02 Å². The highest BCUT2D eigenvalue weighted by Gasteiger charge is 2.33. The van der Waals surface area contributed by atoms with Gasteiger partial charge in [-0.2, -0.15) is 0 Å². The van der Waals surface area contributed by atoms with E-state index < -0.39 is 0 Å². The minimum absolute atomic E-state index is 0.116. The number of hydrogen-bond acceptors (Lipinski definition) is 1. The Balaban J connectivity index is 1.84. The van der Waals surface area contributed by atoms with Crippen molar-refractivity contribution in [1.82, 2.24) is 5.32 Å². The summed E-state index contributed by atoms with van der Waals surface area (Å²) in [6.45, 7) is 0. The van der Waals surface area contributed by atoms with Gasteiger partial charge in [-0.1, -0.05) is 60.1 Å². The summed E-state index contributed by atoms with van der Waals surface area (Å²) in [5.74, 6) is 0.343. The number of halogens is 1. The molecular formula is C17H16ClNO. The molecule has 1 heterocycles. The molecule has 0 aliphatic carbocycles. The molecular weight excluding hydrogens is 270 g/mol. The first-order chi connectivity index (χ1) is 9.74. The summed E-state index contributed by atoms with van der Waals surface area (Å²) < 4.78 is 0. The largest absolute Gasteiger partial charge is 0.352 e. The van der Waals surface area contributed by atoms with Crippen LogP contribution in [0, 0.1) is 0 Å². The number of rotatable bonds is 3. The van der Waals surface area contributed by atoms with Crippen LogP contribution in [0.3, 0.4) is 0 Å². The van der Waals surface area contributed by atoms with Gasteiger partial charge in [-0.05, 0) is 23.6 Å². The molecule has 2 aromatic carbocycles. The summed E-state index contributed by atoms with van der Waals surface area (Å²) in [5.41, 5.74) is 2.30. The van der Waals surface area contributed by atoms with E-state index >= 15 is 0 Å². The van der Waals surface area contributed by atoms with Crippen LogP contribution >= 0.6 is 11.6 Å². The van der Waals surface area contributed by atoms with Crippen LogP contribution in [-0.4, -0.2) is 11.9 Å².